The minimum atomic E-state index is -4.51. The third-order valence-corrected chi connectivity index (χ3v) is 5.33. The van der Waals surface area contributed by atoms with Crippen molar-refractivity contribution in [2.75, 3.05) is 26.1 Å². The molecule has 0 saturated heterocycles. The average molecular weight is 549 g/mol. The monoisotopic (exact) mass is 548 g/mol. The van der Waals surface area contributed by atoms with Crippen LogP contribution in [0.3, 0.4) is 0 Å². The number of azide groups is 1. The second-order valence-corrected chi connectivity index (χ2v) is 8.35. The second-order valence-electron chi connectivity index (χ2n) is 4.36. The fraction of sp³-hybridized carbons (Fsp3) is 0.800. The van der Waals surface area contributed by atoms with Crippen molar-refractivity contribution >= 4 is 48.1 Å². The average Bonchev–Trinajstić information content (AvgIpc) is 2.61. The van der Waals surface area contributed by atoms with Crippen molar-refractivity contribution in [1.82, 2.24) is 0 Å². The number of ether oxygens (including phenoxy) is 2. The van der Waals surface area contributed by atoms with Gasteiger partial charge < -0.3 is 20.5 Å². The van der Waals surface area contributed by atoms with E-state index in [0.717, 1.165) is 14.2 Å². The van der Waals surface area contributed by atoms with E-state index in [1.165, 1.54) is 4.91 Å². The number of methoxy groups -OCH3 is 2. The maximum atomic E-state index is 10.9. The third-order valence-electron chi connectivity index (χ3n) is 2.57. The van der Waals surface area contributed by atoms with E-state index in [1.54, 1.807) is 0 Å². The van der Waals surface area contributed by atoms with Crippen molar-refractivity contribution in [3.63, 3.8) is 0 Å². The number of halogens is 1. The van der Waals surface area contributed by atoms with Gasteiger partial charge in [0.2, 0.25) is 0 Å². The molecule has 0 heterocycles. The molecule has 0 aliphatic heterocycles. The van der Waals surface area contributed by atoms with Crippen LogP contribution in [0.2, 0.25) is 0 Å². The summed E-state index contributed by atoms with van der Waals surface area (Å²) in [4.78, 5) is 25.5. The van der Waals surface area contributed by atoms with Crippen LogP contribution >= 0.6 is 15.9 Å². The first-order valence-electron chi connectivity index (χ1n) is 6.91. The van der Waals surface area contributed by atoms with Crippen LogP contribution in [-0.2, 0) is 39.3 Å². The Morgan fingerprint density at radius 1 is 0.967 bits per heavy atom. The van der Waals surface area contributed by atoms with Crippen molar-refractivity contribution < 1.29 is 74.6 Å². The molecule has 0 spiro atoms. The van der Waals surface area contributed by atoms with Crippen LogP contribution in [0.25, 0.3) is 26.4 Å². The molecule has 0 saturated carbocycles. The molecule has 30 heavy (non-hydrogen) atoms. The molecule has 2 atom stereocenters. The summed E-state index contributed by atoms with van der Waals surface area (Å²) in [5, 5.41) is 0.157. The van der Waals surface area contributed by atoms with Gasteiger partial charge in [0.15, 0.2) is 10.5 Å². The van der Waals surface area contributed by atoms with E-state index in [0.29, 0.717) is 5.33 Å². The van der Waals surface area contributed by atoms with Gasteiger partial charge in [0.1, 0.15) is 0 Å². The van der Waals surface area contributed by atoms with Gasteiger partial charge in [0.05, 0.1) is 14.2 Å². The predicted octanol–water partition coefficient (Wildman–Crippen LogP) is -1.81. The largest absolute Gasteiger partial charge is 1.00 e. The van der Waals surface area contributed by atoms with E-state index >= 15 is 0 Å². The van der Waals surface area contributed by atoms with Crippen LogP contribution in [0.1, 0.15) is 12.8 Å². The molecule has 0 aliphatic rings. The minimum absolute atomic E-state index is 0. The SMILES string of the molecule is COC(=O)C(CCBr)S(=O)(=O)O.COC(=O)C(CCN=[N+]=[N-])S(=O)(=O)O.[N-]=[N+]=[N-].[Na+]. The number of carbonyl (C=O) groups excluding carboxylic acids is 2. The normalized spacial score (nSPS) is 11.8. The van der Waals surface area contributed by atoms with Crippen molar-refractivity contribution in [2.24, 2.45) is 5.11 Å². The zero-order valence-corrected chi connectivity index (χ0v) is 21.2. The Kier molecular flexibility index (Phi) is 23.9. The Hall–Kier alpha value is -1.14. The van der Waals surface area contributed by atoms with Crippen molar-refractivity contribution in [3.05, 3.63) is 26.4 Å². The van der Waals surface area contributed by atoms with Crippen LogP contribution in [0.15, 0.2) is 5.11 Å². The smallest absolute Gasteiger partial charge is 0.468 e. The molecule has 16 nitrogen and oxygen atoms in total. The van der Waals surface area contributed by atoms with E-state index in [2.05, 4.69) is 35.4 Å². The van der Waals surface area contributed by atoms with Crippen LogP contribution in [0.4, 0.5) is 0 Å². The Labute approximate surface area is 202 Å². The number of hydrogen-bond acceptors (Lipinski definition) is 9. The number of esters is 2. The Morgan fingerprint density at radius 3 is 1.53 bits per heavy atom. The molecule has 0 rings (SSSR count). The molecular formula is C10H18BrN6NaO10S2. The number of carbonyl (C=O) groups is 2. The van der Waals surface area contributed by atoms with Gasteiger partial charge in [-0.3, -0.25) is 23.6 Å². The van der Waals surface area contributed by atoms with E-state index < -0.39 is 42.7 Å². The van der Waals surface area contributed by atoms with Gasteiger partial charge in [-0.25, -0.2) is 0 Å². The first-order chi connectivity index (χ1) is 13.3. The van der Waals surface area contributed by atoms with Crippen LogP contribution in [-0.4, -0.2) is 74.5 Å². The molecular weight excluding hydrogens is 531 g/mol. The van der Waals surface area contributed by atoms with E-state index in [9.17, 15) is 26.4 Å². The quantitative estimate of drug-likeness (QED) is 0.0618. The summed E-state index contributed by atoms with van der Waals surface area (Å²) in [5.74, 6) is -2.03. The van der Waals surface area contributed by atoms with Gasteiger partial charge in [-0.1, -0.05) is 21.0 Å². The fourth-order valence-corrected chi connectivity index (χ4v) is 3.62. The molecule has 0 bridgehead atoms. The first-order valence-corrected chi connectivity index (χ1v) is 11.0. The van der Waals surface area contributed by atoms with Crippen LogP contribution < -0.4 is 29.6 Å². The summed E-state index contributed by atoms with van der Waals surface area (Å²) in [7, 11) is -6.80. The first kappa shape index (κ1) is 36.2. The van der Waals surface area contributed by atoms with Crippen molar-refractivity contribution in [3.8, 4) is 0 Å². The summed E-state index contributed by atoms with van der Waals surface area (Å²) in [6, 6.07) is 0. The zero-order chi connectivity index (χ0) is 23.7. The number of hydrogen-bond donors (Lipinski definition) is 2. The molecule has 0 aromatic rings. The maximum absolute atomic E-state index is 10.9. The Morgan fingerprint density at radius 2 is 1.30 bits per heavy atom. The van der Waals surface area contributed by atoms with Crippen molar-refractivity contribution in [2.45, 2.75) is 23.3 Å². The maximum Gasteiger partial charge on any atom is 1.00 e. The zero-order valence-electron chi connectivity index (χ0n) is 16.0. The molecule has 168 valence electrons. The number of alkyl halides is 1. The van der Waals surface area contributed by atoms with Gasteiger partial charge in [0.25, 0.3) is 20.2 Å². The van der Waals surface area contributed by atoms with Crippen LogP contribution in [0, 0.1) is 0 Å². The van der Waals surface area contributed by atoms with E-state index in [4.69, 9.17) is 25.7 Å². The standard InChI is InChI=1S/C5H9BrO5S.C5H9N3O5S.N3.Na/c1-11-5(7)4(2-3-6)12(8,9)10;1-13-5(9)4(14(10,11)12)2-3-7-8-6;1-3-2;/h4H,2-3H2,1H3,(H,8,9,10);4H,2-3H2,1H3,(H,10,11,12);;/q;;-1;+1. The number of rotatable bonds is 9. The van der Waals surface area contributed by atoms with Gasteiger partial charge in [-0.05, 0) is 18.4 Å². The van der Waals surface area contributed by atoms with Gasteiger partial charge in [0, 0.05) is 16.8 Å². The summed E-state index contributed by atoms with van der Waals surface area (Å²) in [6.45, 7) is -0.212. The Balaban J connectivity index is -0.000000195. The molecule has 0 fully saturated rings. The predicted molar refractivity (Wildman–Crippen MR) is 102 cm³/mol. The molecule has 20 heteroatoms. The summed E-state index contributed by atoms with van der Waals surface area (Å²) >= 11 is 2.96. The summed E-state index contributed by atoms with van der Waals surface area (Å²) < 4.78 is 67.9. The summed E-state index contributed by atoms with van der Waals surface area (Å²) in [5.41, 5.74) is 21.4. The molecule has 0 aromatic carbocycles. The summed E-state index contributed by atoms with van der Waals surface area (Å²) in [6.07, 6.45) is -0.318. The topological polar surface area (TPSA) is 269 Å². The minimum Gasteiger partial charge on any atom is -0.468 e. The van der Waals surface area contributed by atoms with Crippen molar-refractivity contribution in [1.29, 1.82) is 0 Å². The van der Waals surface area contributed by atoms with Gasteiger partial charge in [-0.15, -0.1) is 0 Å². The second kappa shape index (κ2) is 19.8. The van der Waals surface area contributed by atoms with Gasteiger partial charge in [-0.2, -0.15) is 16.8 Å². The van der Waals surface area contributed by atoms with Gasteiger partial charge >= 0.3 is 41.5 Å². The molecule has 0 aliphatic carbocycles. The van der Waals surface area contributed by atoms with Crippen LogP contribution in [0.5, 0.6) is 0 Å². The molecule has 0 radical (unpaired) electrons. The molecule has 2 unspecified atom stereocenters. The van der Waals surface area contributed by atoms with E-state index in [-0.39, 0.29) is 48.9 Å². The third kappa shape index (κ3) is 18.9. The molecule has 2 N–H and O–H groups in total. The van der Waals surface area contributed by atoms with E-state index in [1.807, 2.05) is 0 Å². The molecule has 0 amide bonds. The fourth-order valence-electron chi connectivity index (χ4n) is 1.36. The molecule has 0 aromatic heterocycles. The Bertz CT molecular complexity index is 811. The number of nitrogens with zero attached hydrogens (tertiary/aromatic N) is 6.